The van der Waals surface area contributed by atoms with E-state index in [0.717, 1.165) is 31.4 Å². The van der Waals surface area contributed by atoms with Gasteiger partial charge in [0.25, 0.3) is 0 Å². The maximum Gasteiger partial charge on any atom is 0.194 e. The number of hydrogen-bond acceptors (Lipinski definition) is 1. The smallest absolute Gasteiger partial charge is 0.194 e. The van der Waals surface area contributed by atoms with Gasteiger partial charge < -0.3 is 0 Å². The van der Waals surface area contributed by atoms with Crippen molar-refractivity contribution in [3.8, 4) is 11.3 Å². The first-order valence-electron chi connectivity index (χ1n) is 7.71. The van der Waals surface area contributed by atoms with Crippen molar-refractivity contribution in [3.63, 3.8) is 0 Å². The fourth-order valence-corrected chi connectivity index (χ4v) is 3.23. The van der Waals surface area contributed by atoms with Gasteiger partial charge in [-0.3, -0.25) is 4.98 Å². The van der Waals surface area contributed by atoms with Crippen LogP contribution in [0.15, 0.2) is 24.4 Å². The second kappa shape index (κ2) is 6.11. The van der Waals surface area contributed by atoms with Crippen molar-refractivity contribution in [1.82, 2.24) is 4.98 Å². The molecule has 0 saturated carbocycles. The number of pyridine rings is 1. The van der Waals surface area contributed by atoms with Crippen molar-refractivity contribution in [2.24, 2.45) is 5.92 Å². The minimum atomic E-state index is -1.44. The van der Waals surface area contributed by atoms with Gasteiger partial charge in [-0.1, -0.05) is 19.8 Å². The molecule has 2 aromatic rings. The molecule has 0 aliphatic heterocycles. The number of aromatic nitrogens is 1. The molecule has 116 valence electrons. The molecule has 1 unspecified atom stereocenters. The largest absolute Gasteiger partial charge is 0.256 e. The molecule has 1 aromatic carbocycles. The molecule has 0 spiro atoms. The molecule has 1 aromatic heterocycles. The van der Waals surface area contributed by atoms with Crippen LogP contribution in [0.4, 0.5) is 13.2 Å². The molecule has 3 rings (SSSR count). The summed E-state index contributed by atoms with van der Waals surface area (Å²) in [6, 6.07) is 3.87. The fraction of sp³-hybridized carbons (Fsp3) is 0.389. The molecule has 4 heteroatoms. The lowest BCUT2D eigenvalue weighted by molar-refractivity contribution is 0.422. The van der Waals surface area contributed by atoms with Gasteiger partial charge in [0.15, 0.2) is 17.5 Å². The van der Waals surface area contributed by atoms with E-state index in [2.05, 4.69) is 11.9 Å². The van der Waals surface area contributed by atoms with Gasteiger partial charge in [-0.05, 0) is 54.5 Å². The lowest BCUT2D eigenvalue weighted by Crippen LogP contribution is -2.14. The molecule has 22 heavy (non-hydrogen) atoms. The molecule has 1 heterocycles. The molecule has 1 aliphatic carbocycles. The summed E-state index contributed by atoms with van der Waals surface area (Å²) in [5.41, 5.74) is 3.17. The number of hydrogen-bond donors (Lipinski definition) is 0. The Morgan fingerprint density at radius 2 is 1.82 bits per heavy atom. The van der Waals surface area contributed by atoms with Crippen LogP contribution >= 0.6 is 0 Å². The van der Waals surface area contributed by atoms with Crippen LogP contribution in [0, 0.1) is 23.4 Å². The monoisotopic (exact) mass is 305 g/mol. The van der Waals surface area contributed by atoms with Crippen LogP contribution in [0.25, 0.3) is 11.3 Å². The van der Waals surface area contributed by atoms with Gasteiger partial charge >= 0.3 is 0 Å². The van der Waals surface area contributed by atoms with E-state index in [-0.39, 0.29) is 5.56 Å². The highest BCUT2D eigenvalue weighted by Crippen LogP contribution is 2.31. The lowest BCUT2D eigenvalue weighted by Gasteiger charge is -2.24. The molecule has 0 saturated heterocycles. The molecular weight excluding hydrogens is 287 g/mol. The number of nitrogens with zero attached hydrogens (tertiary/aromatic N) is 1. The van der Waals surface area contributed by atoms with E-state index in [1.807, 2.05) is 6.07 Å². The average Bonchev–Trinajstić information content (AvgIpc) is 2.52. The Kier molecular flexibility index (Phi) is 4.19. The summed E-state index contributed by atoms with van der Waals surface area (Å²) >= 11 is 0. The summed E-state index contributed by atoms with van der Waals surface area (Å²) in [4.78, 5) is 4.31. The lowest BCUT2D eigenvalue weighted by atomic mass is 9.82. The molecule has 0 amide bonds. The van der Waals surface area contributed by atoms with E-state index in [1.54, 1.807) is 6.20 Å². The molecular formula is C18H18F3N. The van der Waals surface area contributed by atoms with Gasteiger partial charge in [0.1, 0.15) is 0 Å². The van der Waals surface area contributed by atoms with Crippen molar-refractivity contribution in [1.29, 1.82) is 0 Å². The second-order valence-electron chi connectivity index (χ2n) is 5.99. The third-order valence-corrected chi connectivity index (χ3v) is 4.39. The van der Waals surface area contributed by atoms with Crippen LogP contribution in [0.1, 0.15) is 37.3 Å². The third-order valence-electron chi connectivity index (χ3n) is 4.39. The normalized spacial score (nSPS) is 17.4. The highest BCUT2D eigenvalue weighted by atomic mass is 19.2. The average molecular weight is 305 g/mol. The zero-order valence-electron chi connectivity index (χ0n) is 12.5. The number of fused-ring (bicyclic) bond motifs is 1. The van der Waals surface area contributed by atoms with Gasteiger partial charge in [0.05, 0.1) is 5.69 Å². The van der Waals surface area contributed by atoms with Crippen LogP contribution < -0.4 is 0 Å². The van der Waals surface area contributed by atoms with E-state index < -0.39 is 17.5 Å². The van der Waals surface area contributed by atoms with Crippen molar-refractivity contribution < 1.29 is 13.2 Å². The Hall–Kier alpha value is -1.84. The maximum atomic E-state index is 13.4. The Balaban J connectivity index is 1.92. The number of benzene rings is 1. The molecule has 1 atom stereocenters. The number of halogens is 3. The number of rotatable bonds is 3. The van der Waals surface area contributed by atoms with Gasteiger partial charge in [-0.25, -0.2) is 13.2 Å². The predicted octanol–water partition coefficient (Wildman–Crippen LogP) is 5.07. The Labute approximate surface area is 128 Å². The first-order valence-corrected chi connectivity index (χ1v) is 7.71. The topological polar surface area (TPSA) is 12.9 Å². The van der Waals surface area contributed by atoms with E-state index in [0.29, 0.717) is 11.6 Å². The van der Waals surface area contributed by atoms with Gasteiger partial charge in [0, 0.05) is 11.8 Å². The predicted molar refractivity (Wildman–Crippen MR) is 80.0 cm³/mol. The molecule has 1 aliphatic rings. The van der Waals surface area contributed by atoms with E-state index in [4.69, 9.17) is 0 Å². The van der Waals surface area contributed by atoms with Crippen molar-refractivity contribution in [3.05, 3.63) is 53.0 Å². The van der Waals surface area contributed by atoms with E-state index in [1.165, 1.54) is 24.0 Å². The fourth-order valence-electron chi connectivity index (χ4n) is 3.23. The SMILES string of the molecule is CCCC1CCc2cc(-c3cc(F)c(F)c(F)c3)ncc2C1. The van der Waals surface area contributed by atoms with Gasteiger partial charge in [-0.15, -0.1) is 0 Å². The summed E-state index contributed by atoms with van der Waals surface area (Å²) in [5, 5.41) is 0. The first-order chi connectivity index (χ1) is 10.6. The zero-order chi connectivity index (χ0) is 15.7. The maximum absolute atomic E-state index is 13.4. The first kappa shape index (κ1) is 15.1. The van der Waals surface area contributed by atoms with Crippen molar-refractivity contribution in [2.45, 2.75) is 39.0 Å². The van der Waals surface area contributed by atoms with Crippen LogP contribution in [0.3, 0.4) is 0 Å². The van der Waals surface area contributed by atoms with Crippen LogP contribution in [0.5, 0.6) is 0 Å². The molecule has 0 N–H and O–H groups in total. The van der Waals surface area contributed by atoms with Crippen LogP contribution in [0.2, 0.25) is 0 Å². The number of aryl methyl sites for hydroxylation is 1. The minimum absolute atomic E-state index is 0.273. The standard InChI is InChI=1S/C18H18F3N/c1-2-3-11-4-5-12-9-17(22-10-14(12)6-11)13-7-15(19)18(21)16(20)8-13/h7-11H,2-6H2,1H3. The highest BCUT2D eigenvalue weighted by molar-refractivity contribution is 5.60. The highest BCUT2D eigenvalue weighted by Gasteiger charge is 2.19. The second-order valence-corrected chi connectivity index (χ2v) is 5.99. The molecule has 0 fully saturated rings. The molecule has 1 nitrogen and oxygen atoms in total. The van der Waals surface area contributed by atoms with Crippen molar-refractivity contribution in [2.75, 3.05) is 0 Å². The summed E-state index contributed by atoms with van der Waals surface area (Å²) in [6.45, 7) is 2.19. The molecule has 0 bridgehead atoms. The minimum Gasteiger partial charge on any atom is -0.256 e. The van der Waals surface area contributed by atoms with Crippen molar-refractivity contribution >= 4 is 0 Å². The van der Waals surface area contributed by atoms with E-state index in [9.17, 15) is 13.2 Å². The third kappa shape index (κ3) is 2.87. The Morgan fingerprint density at radius 1 is 1.09 bits per heavy atom. The summed E-state index contributed by atoms with van der Waals surface area (Å²) in [6.07, 6.45) is 7.31. The molecule has 0 radical (unpaired) electrons. The van der Waals surface area contributed by atoms with E-state index >= 15 is 0 Å². The summed E-state index contributed by atoms with van der Waals surface area (Å²) in [7, 11) is 0. The zero-order valence-corrected chi connectivity index (χ0v) is 12.5. The van der Waals surface area contributed by atoms with Crippen LogP contribution in [-0.4, -0.2) is 4.98 Å². The summed E-state index contributed by atoms with van der Waals surface area (Å²) in [5.74, 6) is -3.11. The Morgan fingerprint density at radius 3 is 2.50 bits per heavy atom. The van der Waals surface area contributed by atoms with Gasteiger partial charge in [-0.2, -0.15) is 0 Å². The van der Waals surface area contributed by atoms with Crippen LogP contribution in [-0.2, 0) is 12.8 Å². The Bertz CT molecular complexity index is 674. The quantitative estimate of drug-likeness (QED) is 0.721. The van der Waals surface area contributed by atoms with Gasteiger partial charge in [0.2, 0.25) is 0 Å². The summed E-state index contributed by atoms with van der Waals surface area (Å²) < 4.78 is 39.8.